The second-order valence-electron chi connectivity index (χ2n) is 6.27. The molecule has 0 unspecified atom stereocenters. The molecule has 0 bridgehead atoms. The van der Waals surface area contributed by atoms with Crippen LogP contribution in [0.5, 0.6) is 5.75 Å². The topological polar surface area (TPSA) is 118 Å². The molecule has 0 amide bonds. The number of alkyl halides is 3. The van der Waals surface area contributed by atoms with Crippen LogP contribution in [0.2, 0.25) is 0 Å². The number of Topliss-reactive ketones (excluding diaryl/α,β-unsaturated/α-hetero) is 1. The summed E-state index contributed by atoms with van der Waals surface area (Å²) in [5, 5.41) is 0. The van der Waals surface area contributed by atoms with Crippen molar-refractivity contribution in [2.45, 2.75) is 24.8 Å². The van der Waals surface area contributed by atoms with Crippen LogP contribution in [-0.4, -0.2) is 58.6 Å². The Balaban J connectivity index is 1.78. The quantitative estimate of drug-likeness (QED) is 0.280. The molecule has 0 radical (unpaired) electrons. The van der Waals surface area contributed by atoms with E-state index >= 15 is 0 Å². The van der Waals surface area contributed by atoms with Crippen molar-refractivity contribution < 1.29 is 43.7 Å². The van der Waals surface area contributed by atoms with Crippen molar-refractivity contribution >= 4 is 37.0 Å². The maximum atomic E-state index is 12.3. The predicted molar refractivity (Wildman–Crippen MR) is 105 cm³/mol. The fraction of sp³-hybridized carbons (Fsp3) is 0.562. The van der Waals surface area contributed by atoms with Crippen LogP contribution in [0.4, 0.5) is 13.2 Å². The highest BCUT2D eigenvalue weighted by Gasteiger charge is 2.40. The first-order valence-corrected chi connectivity index (χ1v) is 13.3. The van der Waals surface area contributed by atoms with Gasteiger partial charge in [-0.2, -0.15) is 13.2 Å². The first kappa shape index (κ1) is 24.9. The van der Waals surface area contributed by atoms with Crippen LogP contribution in [0.1, 0.15) is 29.6 Å². The van der Waals surface area contributed by atoms with E-state index in [1.807, 2.05) is 0 Å². The molecule has 1 aromatic rings. The van der Waals surface area contributed by atoms with Crippen molar-refractivity contribution in [1.82, 2.24) is 0 Å². The van der Waals surface area contributed by atoms with Crippen molar-refractivity contribution in [3.05, 3.63) is 34.0 Å². The summed E-state index contributed by atoms with van der Waals surface area (Å²) < 4.78 is 91.3. The number of sulfonamides is 1. The highest BCUT2D eigenvalue weighted by molar-refractivity contribution is 8.10. The van der Waals surface area contributed by atoms with E-state index in [9.17, 15) is 34.8 Å². The fourth-order valence-electron chi connectivity index (χ4n) is 2.52. The summed E-state index contributed by atoms with van der Waals surface area (Å²) in [6.45, 7) is -1.17. The minimum absolute atomic E-state index is 0.0358. The summed E-state index contributed by atoms with van der Waals surface area (Å²) in [7, 11) is -11.4. The Kier molecular flexibility index (Phi) is 8.56. The van der Waals surface area contributed by atoms with Gasteiger partial charge in [0, 0.05) is 5.56 Å². The van der Waals surface area contributed by atoms with Gasteiger partial charge < -0.3 is 8.86 Å². The summed E-state index contributed by atoms with van der Waals surface area (Å²) in [6, 6.07) is 6.11. The summed E-state index contributed by atoms with van der Waals surface area (Å²) >= 11 is 0. The lowest BCUT2D eigenvalue weighted by molar-refractivity contribution is -0.0425. The largest absolute Gasteiger partial charge is 0.491 e. The molecule has 0 atom stereocenters. The number of carbonyl (C=O) groups excluding carboxylic acids is 1. The molecule has 0 saturated carbocycles. The van der Waals surface area contributed by atoms with E-state index in [1.54, 1.807) is 16.3 Å². The molecule has 14 heteroatoms. The molecule has 0 aliphatic carbocycles. The zero-order valence-corrected chi connectivity index (χ0v) is 18.1. The van der Waals surface area contributed by atoms with Gasteiger partial charge in [0.25, 0.3) is 0 Å². The van der Waals surface area contributed by atoms with Gasteiger partial charge in [-0.1, -0.05) is 0 Å². The molecule has 1 saturated heterocycles. The van der Waals surface area contributed by atoms with Gasteiger partial charge in [0.2, 0.25) is 16.1 Å². The van der Waals surface area contributed by atoms with Crippen LogP contribution in [0.25, 0.3) is 4.13 Å². The molecule has 0 aromatic heterocycles. The first-order valence-electron chi connectivity index (χ1n) is 8.75. The molecular formula is C16H20F3NO7S3. The van der Waals surface area contributed by atoms with E-state index in [-0.39, 0.29) is 22.4 Å². The molecule has 0 spiro atoms. The number of ether oxygens (including phenoxy) is 1. The summed E-state index contributed by atoms with van der Waals surface area (Å²) in [5.74, 6) is 2.97. The highest BCUT2D eigenvalue weighted by atomic mass is 32.3. The number of halogens is 3. The average Bonchev–Trinajstić information content (AvgIpc) is 2.65. The van der Waals surface area contributed by atoms with Gasteiger partial charge in [0.15, 0.2) is 15.8 Å². The number of hydrogen-bond acceptors (Lipinski definition) is 7. The lowest BCUT2D eigenvalue weighted by atomic mass is 10.1. The molecule has 1 aliphatic heterocycles. The monoisotopic (exact) mass is 491 g/mol. The van der Waals surface area contributed by atoms with E-state index in [1.165, 1.54) is 18.6 Å². The molecule has 1 fully saturated rings. The van der Waals surface area contributed by atoms with Gasteiger partial charge in [-0.15, -0.1) is 0 Å². The third kappa shape index (κ3) is 7.72. The van der Waals surface area contributed by atoms with Crippen molar-refractivity contribution in [2.75, 3.05) is 30.5 Å². The number of nitrogens with zero attached hydrogens (tertiary/aromatic N) is 1. The lowest BCUT2D eigenvalue weighted by Crippen LogP contribution is -2.25. The minimum Gasteiger partial charge on any atom is -0.491 e. The smallest absolute Gasteiger partial charge is 0.480 e. The van der Waals surface area contributed by atoms with E-state index in [4.69, 9.17) is 4.74 Å². The molecular weight excluding hydrogens is 471 g/mol. The van der Waals surface area contributed by atoms with Crippen molar-refractivity contribution in [2.24, 2.45) is 0 Å². The van der Waals surface area contributed by atoms with Gasteiger partial charge in [-0.25, -0.2) is 16.8 Å². The summed E-state index contributed by atoms with van der Waals surface area (Å²) in [6.07, 6.45) is 3.51. The molecule has 170 valence electrons. The van der Waals surface area contributed by atoms with Crippen molar-refractivity contribution in [3.8, 4) is 5.75 Å². The Morgan fingerprint density at radius 1 is 1.00 bits per heavy atom. The van der Waals surface area contributed by atoms with Crippen LogP contribution in [0.15, 0.2) is 24.3 Å². The molecule has 0 N–H and O–H groups in total. The molecule has 2 rings (SSSR count). The van der Waals surface area contributed by atoms with Gasteiger partial charge in [-0.05, 0) is 54.4 Å². The SMILES string of the molecule is O=C(C[S+]1CCCCC1)c1ccc(OCCOS(=O)(=O)[N-]S(=O)(=O)C(F)(F)F)cc1. The van der Waals surface area contributed by atoms with Crippen molar-refractivity contribution in [3.63, 3.8) is 0 Å². The van der Waals surface area contributed by atoms with E-state index < -0.39 is 39.0 Å². The van der Waals surface area contributed by atoms with Crippen LogP contribution >= 0.6 is 0 Å². The Morgan fingerprint density at radius 3 is 2.17 bits per heavy atom. The third-order valence-electron chi connectivity index (χ3n) is 3.94. The number of carbonyl (C=O) groups is 1. The van der Waals surface area contributed by atoms with Crippen LogP contribution in [-0.2, 0) is 35.4 Å². The minimum atomic E-state index is -6.23. The van der Waals surface area contributed by atoms with E-state index in [2.05, 4.69) is 4.18 Å². The van der Waals surface area contributed by atoms with E-state index in [0.29, 0.717) is 11.3 Å². The predicted octanol–water partition coefficient (Wildman–Crippen LogP) is 2.54. The summed E-state index contributed by atoms with van der Waals surface area (Å²) in [5.41, 5.74) is -5.33. The molecule has 30 heavy (non-hydrogen) atoms. The van der Waals surface area contributed by atoms with Crippen LogP contribution < -0.4 is 4.74 Å². The second-order valence-corrected chi connectivity index (χ2v) is 11.7. The zero-order chi connectivity index (χ0) is 22.4. The fourth-order valence-corrected chi connectivity index (χ4v) is 6.53. The zero-order valence-electron chi connectivity index (χ0n) is 15.6. The maximum Gasteiger partial charge on any atom is 0.480 e. The van der Waals surface area contributed by atoms with Crippen LogP contribution in [0, 0.1) is 0 Å². The Hall–Kier alpha value is -1.35. The van der Waals surface area contributed by atoms with Gasteiger partial charge >= 0.3 is 5.51 Å². The number of ketones is 1. The van der Waals surface area contributed by atoms with E-state index in [0.717, 1.165) is 24.3 Å². The lowest BCUT2D eigenvalue weighted by Gasteiger charge is -2.21. The normalized spacial score (nSPS) is 16.4. The highest BCUT2D eigenvalue weighted by Crippen LogP contribution is 2.30. The van der Waals surface area contributed by atoms with Crippen LogP contribution in [0.3, 0.4) is 0 Å². The first-order chi connectivity index (χ1) is 13.9. The maximum absolute atomic E-state index is 12.3. The number of rotatable bonds is 10. The molecule has 1 aliphatic rings. The standard InChI is InChI=1S/C16H20F3NO7S3/c17-16(18,19)29(22,23)20-30(24,25)27-9-8-26-14-6-4-13(5-7-14)15(21)12-28-10-2-1-3-11-28/h4-7H,1-3,8-12H2. The van der Waals surface area contributed by atoms with Crippen molar-refractivity contribution in [1.29, 1.82) is 0 Å². The molecule has 1 heterocycles. The average molecular weight is 492 g/mol. The number of hydrogen-bond donors (Lipinski definition) is 0. The summed E-state index contributed by atoms with van der Waals surface area (Å²) in [4.78, 5) is 12.3. The Bertz CT molecular complexity index is 926. The van der Waals surface area contributed by atoms with Gasteiger partial charge in [0.1, 0.15) is 23.9 Å². The van der Waals surface area contributed by atoms with Gasteiger partial charge in [-0.3, -0.25) is 8.98 Å². The number of benzene rings is 1. The molecule has 8 nitrogen and oxygen atoms in total. The molecule has 1 aromatic carbocycles. The second kappa shape index (κ2) is 10.3. The Labute approximate surface area is 175 Å². The Morgan fingerprint density at radius 2 is 1.60 bits per heavy atom. The third-order valence-corrected chi connectivity index (χ3v) is 8.91. The van der Waals surface area contributed by atoms with Gasteiger partial charge in [0.05, 0.1) is 6.61 Å².